The van der Waals surface area contributed by atoms with E-state index in [2.05, 4.69) is 98.8 Å². The lowest BCUT2D eigenvalue weighted by Gasteiger charge is -2.61. The number of carbonyl (C=O) groups excluding carboxylic acids is 1. The molecule has 4 aliphatic rings. The molecule has 0 aliphatic heterocycles. The van der Waals surface area contributed by atoms with E-state index in [1.807, 2.05) is 0 Å². The van der Waals surface area contributed by atoms with Gasteiger partial charge in [-0.05, 0) is 156 Å². The van der Waals surface area contributed by atoms with E-state index in [1.54, 1.807) is 5.57 Å². The Hall–Kier alpha value is -0.639. The zero-order valence-corrected chi connectivity index (χ0v) is 33.2. The maximum atomic E-state index is 12.6. The van der Waals surface area contributed by atoms with Gasteiger partial charge in [-0.3, -0.25) is 4.79 Å². The summed E-state index contributed by atoms with van der Waals surface area (Å²) in [4.78, 5) is 12.6. The minimum atomic E-state index is -1.83. The molecule has 0 bridgehead atoms. The second-order valence-electron chi connectivity index (χ2n) is 18.4. The Kier molecular flexibility index (Phi) is 10.3. The summed E-state index contributed by atoms with van der Waals surface area (Å²) in [6.07, 6.45) is 16.0. The number of fused-ring (bicyclic) bond motifs is 5. The topological polar surface area (TPSA) is 44.8 Å². The summed E-state index contributed by atoms with van der Waals surface area (Å²) >= 11 is 0. The van der Waals surface area contributed by atoms with E-state index in [0.717, 1.165) is 43.3 Å². The van der Waals surface area contributed by atoms with Crippen molar-refractivity contribution < 1.29 is 18.1 Å². The van der Waals surface area contributed by atoms with Gasteiger partial charge in [-0.1, -0.05) is 46.1 Å². The van der Waals surface area contributed by atoms with Gasteiger partial charge in [-0.15, -0.1) is 0 Å². The second-order valence-corrected chi connectivity index (χ2v) is 31.8. The fourth-order valence-electron chi connectivity index (χ4n) is 9.77. The summed E-state index contributed by atoms with van der Waals surface area (Å²) in [5.74, 6) is 4.68. The van der Waals surface area contributed by atoms with Gasteiger partial charge in [0.25, 0.3) is 5.97 Å². The van der Waals surface area contributed by atoms with Gasteiger partial charge in [-0.2, -0.15) is 0 Å². The second kappa shape index (κ2) is 12.5. The van der Waals surface area contributed by atoms with E-state index in [1.165, 1.54) is 32.1 Å². The van der Waals surface area contributed by atoms with Crippen LogP contribution >= 0.6 is 0 Å². The van der Waals surface area contributed by atoms with E-state index in [9.17, 15) is 4.79 Å². The van der Waals surface area contributed by atoms with Crippen molar-refractivity contribution >= 4 is 30.9 Å². The normalized spacial score (nSPS) is 36.0. The summed E-state index contributed by atoms with van der Waals surface area (Å²) in [5.41, 5.74) is 2.21. The molecule has 9 atom stereocenters. The Bertz CT molecular complexity index is 1080. The first-order valence-electron chi connectivity index (χ1n) is 17.6. The van der Waals surface area contributed by atoms with Crippen LogP contribution < -0.4 is 0 Å². The molecule has 0 N–H and O–H groups in total. The largest absolute Gasteiger partial charge is 0.545 e. The molecule has 3 fully saturated rings. The molecule has 0 amide bonds. The minimum Gasteiger partial charge on any atom is -0.545 e. The Labute approximate surface area is 268 Å². The molecule has 0 aromatic heterocycles. The van der Waals surface area contributed by atoms with Crippen LogP contribution in [-0.4, -0.2) is 37.0 Å². The minimum absolute atomic E-state index is 0.00665. The van der Waals surface area contributed by atoms with E-state index >= 15 is 0 Å². The highest BCUT2D eigenvalue weighted by atomic mass is 28.4. The van der Waals surface area contributed by atoms with Crippen LogP contribution in [0.1, 0.15) is 85.5 Å². The monoisotopic (exact) mass is 646 g/mol. The van der Waals surface area contributed by atoms with Crippen LogP contribution in [0.5, 0.6) is 0 Å². The lowest BCUT2D eigenvalue weighted by Crippen LogP contribution is -2.57. The molecule has 0 radical (unpaired) electrons. The van der Waals surface area contributed by atoms with Gasteiger partial charge in [-0.25, -0.2) is 0 Å². The number of rotatable bonds is 11. The maximum Gasteiger partial charge on any atom is 0.295 e. The zero-order valence-electron chi connectivity index (χ0n) is 30.2. The first-order chi connectivity index (χ1) is 19.6. The molecule has 3 saturated carbocycles. The van der Waals surface area contributed by atoms with Crippen LogP contribution in [-0.2, 0) is 18.1 Å². The highest BCUT2D eigenvalue weighted by Crippen LogP contribution is 2.68. The standard InChI is InChI=1S/C36H66O4Si3/c1-25(15-14-16-26(2)34(37)40-43(11,12)13)29-17-18-30-33-31(20-22-36(29,30)4)35(3)21-19-28(38-41(5,6)7)23-27(35)24-32(33)39-42(8,9)10/h19,23,25-26,29-33H,14-18,20-22,24H2,1-13H3/t25?,26?,29-,30?,31?,32+,33?,35+,36-/m1/s1. The third-order valence-corrected chi connectivity index (χ3v) is 14.2. The van der Waals surface area contributed by atoms with E-state index in [-0.39, 0.29) is 17.3 Å². The van der Waals surface area contributed by atoms with Gasteiger partial charge >= 0.3 is 0 Å². The van der Waals surface area contributed by atoms with Crippen molar-refractivity contribution in [2.45, 2.75) is 151 Å². The predicted molar refractivity (Wildman–Crippen MR) is 188 cm³/mol. The molecular weight excluding hydrogens is 581 g/mol. The van der Waals surface area contributed by atoms with Crippen molar-refractivity contribution in [1.82, 2.24) is 0 Å². The van der Waals surface area contributed by atoms with E-state index in [4.69, 9.17) is 13.3 Å². The summed E-state index contributed by atoms with van der Waals surface area (Å²) < 4.78 is 19.5. The summed E-state index contributed by atoms with van der Waals surface area (Å²) in [5, 5.41) is 0. The quantitative estimate of drug-likeness (QED) is 0.210. The Balaban J connectivity index is 1.50. The predicted octanol–water partition coefficient (Wildman–Crippen LogP) is 10.6. The molecule has 4 rings (SSSR count). The molecule has 43 heavy (non-hydrogen) atoms. The van der Waals surface area contributed by atoms with Gasteiger partial charge in [0.1, 0.15) is 0 Å². The van der Waals surface area contributed by atoms with Crippen LogP contribution in [0, 0.1) is 46.3 Å². The van der Waals surface area contributed by atoms with Gasteiger partial charge < -0.3 is 13.3 Å². The van der Waals surface area contributed by atoms with E-state index < -0.39 is 25.0 Å². The lowest BCUT2D eigenvalue weighted by atomic mass is 9.46. The zero-order chi connectivity index (χ0) is 32.2. The van der Waals surface area contributed by atoms with Gasteiger partial charge in [0.05, 0.1) is 17.8 Å². The van der Waals surface area contributed by atoms with E-state index in [0.29, 0.717) is 29.3 Å². The molecule has 4 nitrogen and oxygen atoms in total. The van der Waals surface area contributed by atoms with Crippen LogP contribution in [0.4, 0.5) is 0 Å². The first-order valence-corrected chi connectivity index (χ1v) is 27.9. The number of hydrogen-bond donors (Lipinski definition) is 0. The van der Waals surface area contributed by atoms with Crippen molar-refractivity contribution in [3.63, 3.8) is 0 Å². The van der Waals surface area contributed by atoms with Crippen LogP contribution in [0.15, 0.2) is 23.5 Å². The van der Waals surface area contributed by atoms with Crippen LogP contribution in [0.3, 0.4) is 0 Å². The summed E-state index contributed by atoms with van der Waals surface area (Å²) in [6.45, 7) is 30.1. The molecule has 7 heteroatoms. The molecule has 246 valence electrons. The smallest absolute Gasteiger partial charge is 0.295 e. The van der Waals surface area contributed by atoms with Gasteiger partial charge in [0.15, 0.2) is 8.32 Å². The molecule has 0 aromatic carbocycles. The lowest BCUT2D eigenvalue weighted by molar-refractivity contribution is -0.139. The molecule has 4 aliphatic carbocycles. The molecule has 0 aromatic rings. The van der Waals surface area contributed by atoms with Crippen molar-refractivity contribution in [3.8, 4) is 0 Å². The number of allylic oxidation sites excluding steroid dienone is 2. The molecule has 0 spiro atoms. The molecular formula is C36H66O4Si3. The third-order valence-electron chi connectivity index (χ3n) is 11.6. The highest BCUT2D eigenvalue weighted by Gasteiger charge is 2.62. The Morgan fingerprint density at radius 1 is 0.907 bits per heavy atom. The Morgan fingerprint density at radius 2 is 1.58 bits per heavy atom. The Morgan fingerprint density at radius 3 is 2.19 bits per heavy atom. The first kappa shape index (κ1) is 35.2. The maximum absolute atomic E-state index is 12.6. The van der Waals surface area contributed by atoms with Gasteiger partial charge in [0.2, 0.25) is 16.6 Å². The van der Waals surface area contributed by atoms with Crippen molar-refractivity contribution in [1.29, 1.82) is 0 Å². The molecule has 0 heterocycles. The number of carbonyl (C=O) groups is 1. The SMILES string of the molecule is CC(CCCC(C)[C@H]1CCC2C3C(CC[C@@]21C)[C@@]1(C)CC=C(O[Si](C)(C)C)C=C1C[C@@H]3O[Si](C)(C)C)C(=O)O[Si](C)(C)C. The van der Waals surface area contributed by atoms with Crippen molar-refractivity contribution in [2.24, 2.45) is 46.3 Å². The average Bonchev–Trinajstić information content (AvgIpc) is 3.19. The molecule has 5 unspecified atom stereocenters. The number of hydrogen-bond acceptors (Lipinski definition) is 4. The van der Waals surface area contributed by atoms with Crippen LogP contribution in [0.25, 0.3) is 0 Å². The van der Waals surface area contributed by atoms with Crippen molar-refractivity contribution in [3.05, 3.63) is 23.5 Å². The van der Waals surface area contributed by atoms with Crippen LogP contribution in [0.2, 0.25) is 58.9 Å². The fourth-order valence-corrected chi connectivity index (χ4v) is 12.6. The highest BCUT2D eigenvalue weighted by molar-refractivity contribution is 6.71. The summed E-state index contributed by atoms with van der Waals surface area (Å²) in [7, 11) is -5.20. The molecule has 0 saturated heterocycles. The summed E-state index contributed by atoms with van der Waals surface area (Å²) in [6, 6.07) is 0. The third kappa shape index (κ3) is 8.02. The average molecular weight is 647 g/mol. The fraction of sp³-hybridized carbons (Fsp3) is 0.861. The van der Waals surface area contributed by atoms with Crippen molar-refractivity contribution in [2.75, 3.05) is 0 Å². The van der Waals surface area contributed by atoms with Gasteiger partial charge in [0, 0.05) is 0 Å².